The molecule has 6 nitrogen and oxygen atoms in total. The van der Waals surface area contributed by atoms with E-state index in [0.717, 1.165) is 6.54 Å². The Morgan fingerprint density at radius 3 is 2.75 bits per heavy atom. The minimum Gasteiger partial charge on any atom is -0.353 e. The summed E-state index contributed by atoms with van der Waals surface area (Å²) in [5.74, 6) is -0.208. The number of carbonyl (C=O) groups is 1. The van der Waals surface area contributed by atoms with Gasteiger partial charge in [0.05, 0.1) is 5.25 Å². The standard InChI is InChI=1S/C9H17N3O3S/c1-7-9(13)11-4-5-12(7)16(14,15)8-2-3-10-6-8/h7-8,10H,2-6H2,1H3,(H,11,13). The highest BCUT2D eigenvalue weighted by Gasteiger charge is 2.40. The maximum absolute atomic E-state index is 12.2. The molecule has 92 valence electrons. The van der Waals surface area contributed by atoms with Crippen molar-refractivity contribution in [1.82, 2.24) is 14.9 Å². The number of nitrogens with one attached hydrogen (secondary N) is 2. The van der Waals surface area contributed by atoms with Crippen LogP contribution in [0.5, 0.6) is 0 Å². The van der Waals surface area contributed by atoms with Gasteiger partial charge in [0.25, 0.3) is 0 Å². The van der Waals surface area contributed by atoms with E-state index in [-0.39, 0.29) is 11.2 Å². The largest absolute Gasteiger partial charge is 0.353 e. The molecule has 2 aliphatic heterocycles. The van der Waals surface area contributed by atoms with Crippen LogP contribution < -0.4 is 10.6 Å². The van der Waals surface area contributed by atoms with Crippen LogP contribution >= 0.6 is 0 Å². The van der Waals surface area contributed by atoms with Crippen molar-refractivity contribution in [2.24, 2.45) is 0 Å². The van der Waals surface area contributed by atoms with Crippen LogP contribution in [-0.4, -0.2) is 56.1 Å². The summed E-state index contributed by atoms with van der Waals surface area (Å²) in [5, 5.41) is 5.33. The molecule has 0 aromatic carbocycles. The number of piperazine rings is 1. The van der Waals surface area contributed by atoms with E-state index >= 15 is 0 Å². The van der Waals surface area contributed by atoms with Crippen LogP contribution in [0.1, 0.15) is 13.3 Å². The molecule has 7 heteroatoms. The van der Waals surface area contributed by atoms with Crippen LogP contribution in [0, 0.1) is 0 Å². The Bertz CT molecular complexity index is 375. The Balaban J connectivity index is 2.18. The van der Waals surface area contributed by atoms with E-state index in [0.29, 0.717) is 26.1 Å². The first-order valence-electron chi connectivity index (χ1n) is 5.52. The smallest absolute Gasteiger partial charge is 0.238 e. The molecule has 0 bridgehead atoms. The second kappa shape index (κ2) is 4.31. The van der Waals surface area contributed by atoms with E-state index in [1.807, 2.05) is 0 Å². The van der Waals surface area contributed by atoms with Crippen molar-refractivity contribution < 1.29 is 13.2 Å². The number of hydrogen-bond donors (Lipinski definition) is 2. The van der Waals surface area contributed by atoms with Gasteiger partial charge in [0, 0.05) is 19.6 Å². The van der Waals surface area contributed by atoms with Gasteiger partial charge < -0.3 is 10.6 Å². The summed E-state index contributed by atoms with van der Waals surface area (Å²) in [6.45, 7) is 3.65. The predicted octanol–water partition coefficient (Wildman–Crippen LogP) is -1.50. The zero-order chi connectivity index (χ0) is 11.8. The first-order chi connectivity index (χ1) is 7.53. The predicted molar refractivity (Wildman–Crippen MR) is 59.4 cm³/mol. The molecule has 2 saturated heterocycles. The van der Waals surface area contributed by atoms with Crippen LogP contribution in [0.4, 0.5) is 0 Å². The molecule has 0 aromatic heterocycles. The molecule has 2 unspecified atom stereocenters. The molecule has 2 fully saturated rings. The van der Waals surface area contributed by atoms with Gasteiger partial charge in [0.15, 0.2) is 0 Å². The van der Waals surface area contributed by atoms with Crippen molar-refractivity contribution in [2.45, 2.75) is 24.6 Å². The van der Waals surface area contributed by atoms with Crippen LogP contribution in [-0.2, 0) is 14.8 Å². The second-order valence-electron chi connectivity index (χ2n) is 4.24. The molecule has 0 aliphatic carbocycles. The highest BCUT2D eigenvalue weighted by atomic mass is 32.2. The summed E-state index contributed by atoms with van der Waals surface area (Å²) < 4.78 is 25.8. The van der Waals surface area contributed by atoms with E-state index in [4.69, 9.17) is 0 Å². The number of amides is 1. The van der Waals surface area contributed by atoms with Crippen LogP contribution in [0.3, 0.4) is 0 Å². The zero-order valence-corrected chi connectivity index (χ0v) is 10.1. The summed E-state index contributed by atoms with van der Waals surface area (Å²) in [6.07, 6.45) is 0.632. The van der Waals surface area contributed by atoms with Crippen molar-refractivity contribution in [3.05, 3.63) is 0 Å². The molecule has 2 atom stereocenters. The Labute approximate surface area is 95.4 Å². The topological polar surface area (TPSA) is 78.5 Å². The fraction of sp³-hybridized carbons (Fsp3) is 0.889. The minimum absolute atomic E-state index is 0.208. The molecule has 16 heavy (non-hydrogen) atoms. The molecule has 0 radical (unpaired) electrons. The van der Waals surface area contributed by atoms with Gasteiger partial charge in [0.1, 0.15) is 6.04 Å². The maximum Gasteiger partial charge on any atom is 0.238 e. The zero-order valence-electron chi connectivity index (χ0n) is 9.27. The monoisotopic (exact) mass is 247 g/mol. The Hall–Kier alpha value is -0.660. The van der Waals surface area contributed by atoms with Gasteiger partial charge in [-0.2, -0.15) is 4.31 Å². The average molecular weight is 247 g/mol. The molecule has 0 saturated carbocycles. The lowest BCUT2D eigenvalue weighted by atomic mass is 10.2. The SMILES string of the molecule is CC1C(=O)NCCN1S(=O)(=O)C1CCNC1. The third kappa shape index (κ3) is 1.94. The number of sulfonamides is 1. The molecule has 0 spiro atoms. The third-order valence-electron chi connectivity index (χ3n) is 3.21. The molecule has 0 aromatic rings. The lowest BCUT2D eigenvalue weighted by Crippen LogP contribution is -2.57. The highest BCUT2D eigenvalue weighted by Crippen LogP contribution is 2.19. The lowest BCUT2D eigenvalue weighted by molar-refractivity contribution is -0.126. The molecule has 1 amide bonds. The third-order valence-corrected chi connectivity index (χ3v) is 5.60. The molecule has 2 aliphatic rings. The van der Waals surface area contributed by atoms with Crippen LogP contribution in [0.25, 0.3) is 0 Å². The molecule has 2 N–H and O–H groups in total. The number of hydrogen-bond acceptors (Lipinski definition) is 4. The van der Waals surface area contributed by atoms with Crippen molar-refractivity contribution >= 4 is 15.9 Å². The van der Waals surface area contributed by atoms with Gasteiger partial charge in [-0.3, -0.25) is 4.79 Å². The van der Waals surface area contributed by atoms with Crippen molar-refractivity contribution in [3.8, 4) is 0 Å². The van der Waals surface area contributed by atoms with E-state index in [9.17, 15) is 13.2 Å². The van der Waals surface area contributed by atoms with Gasteiger partial charge >= 0.3 is 0 Å². The summed E-state index contributed by atoms with van der Waals surface area (Å²) >= 11 is 0. The van der Waals surface area contributed by atoms with Gasteiger partial charge in [-0.05, 0) is 19.9 Å². The van der Waals surface area contributed by atoms with Crippen molar-refractivity contribution in [2.75, 3.05) is 26.2 Å². The first kappa shape index (κ1) is 11.8. The Morgan fingerprint density at radius 1 is 1.38 bits per heavy atom. The normalized spacial score (nSPS) is 32.7. The van der Waals surface area contributed by atoms with Crippen LogP contribution in [0.15, 0.2) is 0 Å². The molecular formula is C9H17N3O3S. The van der Waals surface area contributed by atoms with E-state index in [1.165, 1.54) is 4.31 Å². The summed E-state index contributed by atoms with van der Waals surface area (Å²) in [4.78, 5) is 11.4. The van der Waals surface area contributed by atoms with Gasteiger partial charge in [-0.25, -0.2) is 8.42 Å². The van der Waals surface area contributed by atoms with E-state index in [1.54, 1.807) is 6.92 Å². The average Bonchev–Trinajstić information content (AvgIpc) is 2.75. The van der Waals surface area contributed by atoms with Crippen molar-refractivity contribution in [3.63, 3.8) is 0 Å². The van der Waals surface area contributed by atoms with E-state index < -0.39 is 16.1 Å². The number of carbonyl (C=O) groups excluding carboxylic acids is 1. The second-order valence-corrected chi connectivity index (χ2v) is 6.40. The van der Waals surface area contributed by atoms with Crippen LogP contribution in [0.2, 0.25) is 0 Å². The van der Waals surface area contributed by atoms with Gasteiger partial charge in [0.2, 0.25) is 15.9 Å². The number of nitrogens with zero attached hydrogens (tertiary/aromatic N) is 1. The Kier molecular flexibility index (Phi) is 3.18. The van der Waals surface area contributed by atoms with Gasteiger partial charge in [-0.15, -0.1) is 0 Å². The fourth-order valence-corrected chi connectivity index (χ4v) is 4.19. The molecule has 2 heterocycles. The number of rotatable bonds is 2. The highest BCUT2D eigenvalue weighted by molar-refractivity contribution is 7.89. The Morgan fingerprint density at radius 2 is 2.12 bits per heavy atom. The summed E-state index contributed by atoms with van der Waals surface area (Å²) in [7, 11) is -3.33. The molecule has 2 rings (SSSR count). The first-order valence-corrected chi connectivity index (χ1v) is 7.03. The van der Waals surface area contributed by atoms with Crippen molar-refractivity contribution in [1.29, 1.82) is 0 Å². The minimum atomic E-state index is -3.33. The fourth-order valence-electron chi connectivity index (χ4n) is 2.18. The van der Waals surface area contributed by atoms with Gasteiger partial charge in [-0.1, -0.05) is 0 Å². The summed E-state index contributed by atoms with van der Waals surface area (Å²) in [6, 6.07) is -0.584. The lowest BCUT2D eigenvalue weighted by Gasteiger charge is -2.33. The molecular weight excluding hydrogens is 230 g/mol. The quantitative estimate of drug-likeness (QED) is 0.622. The summed E-state index contributed by atoms with van der Waals surface area (Å²) in [5.41, 5.74) is 0. The van der Waals surface area contributed by atoms with E-state index in [2.05, 4.69) is 10.6 Å². The maximum atomic E-state index is 12.2.